The van der Waals surface area contributed by atoms with E-state index in [2.05, 4.69) is 25.6 Å². The normalized spacial score (nSPS) is 16.4. The molecule has 0 saturated heterocycles. The Morgan fingerprint density at radius 1 is 1.15 bits per heavy atom. The van der Waals surface area contributed by atoms with E-state index in [1.54, 1.807) is 7.11 Å². The van der Waals surface area contributed by atoms with Gasteiger partial charge in [0.25, 0.3) is 0 Å². The highest BCUT2D eigenvalue weighted by atomic mass is 16.5. The molecule has 7 nitrogen and oxygen atoms in total. The molecule has 1 aliphatic carbocycles. The van der Waals surface area contributed by atoms with Crippen LogP contribution < -0.4 is 15.5 Å². The molecule has 1 heterocycles. The van der Waals surface area contributed by atoms with Gasteiger partial charge in [0.1, 0.15) is 0 Å². The highest BCUT2D eigenvalue weighted by Crippen LogP contribution is 2.34. The van der Waals surface area contributed by atoms with Crippen molar-refractivity contribution in [1.29, 1.82) is 0 Å². The van der Waals surface area contributed by atoms with E-state index in [-0.39, 0.29) is 5.60 Å². The number of nitrogens with one attached hydrogen (secondary N) is 2. The van der Waals surface area contributed by atoms with Crippen molar-refractivity contribution < 1.29 is 4.74 Å². The second-order valence-electron chi connectivity index (χ2n) is 5.30. The zero-order valence-corrected chi connectivity index (χ0v) is 12.7. The molecule has 2 rings (SSSR count). The molecule has 0 unspecified atom stereocenters. The number of aromatic nitrogens is 3. The van der Waals surface area contributed by atoms with Crippen LogP contribution in [0.3, 0.4) is 0 Å². The van der Waals surface area contributed by atoms with Gasteiger partial charge >= 0.3 is 0 Å². The van der Waals surface area contributed by atoms with Gasteiger partial charge in [0.15, 0.2) is 0 Å². The summed E-state index contributed by atoms with van der Waals surface area (Å²) in [6.45, 7) is 3.52. The number of ether oxygens (including phenoxy) is 1. The minimum Gasteiger partial charge on any atom is -0.376 e. The lowest BCUT2D eigenvalue weighted by molar-refractivity contribution is -0.0602. The van der Waals surface area contributed by atoms with Gasteiger partial charge in [-0.25, -0.2) is 0 Å². The Kier molecular flexibility index (Phi) is 4.59. The third-order valence-corrected chi connectivity index (χ3v) is 3.62. The Morgan fingerprint density at radius 2 is 1.80 bits per heavy atom. The molecule has 0 bridgehead atoms. The molecule has 7 heteroatoms. The average molecular weight is 280 g/mol. The minimum absolute atomic E-state index is 0.0523. The van der Waals surface area contributed by atoms with Crippen LogP contribution in [-0.4, -0.2) is 54.8 Å². The molecule has 1 aromatic heterocycles. The first kappa shape index (κ1) is 14.8. The summed E-state index contributed by atoms with van der Waals surface area (Å²) in [5.74, 6) is 1.82. The number of anilines is 3. The quantitative estimate of drug-likeness (QED) is 0.780. The predicted molar refractivity (Wildman–Crippen MR) is 80.4 cm³/mol. The lowest BCUT2D eigenvalue weighted by Crippen LogP contribution is -2.45. The highest BCUT2D eigenvalue weighted by Gasteiger charge is 2.36. The third kappa shape index (κ3) is 3.27. The van der Waals surface area contributed by atoms with Crippen molar-refractivity contribution in [1.82, 2.24) is 15.0 Å². The first-order chi connectivity index (χ1) is 9.58. The van der Waals surface area contributed by atoms with E-state index in [9.17, 15) is 0 Å². The second kappa shape index (κ2) is 6.21. The smallest absolute Gasteiger partial charge is 0.231 e. The molecule has 1 aromatic rings. The second-order valence-corrected chi connectivity index (χ2v) is 5.30. The fourth-order valence-corrected chi connectivity index (χ4v) is 2.15. The van der Waals surface area contributed by atoms with E-state index < -0.39 is 0 Å². The van der Waals surface area contributed by atoms with Gasteiger partial charge in [0.2, 0.25) is 17.8 Å². The monoisotopic (exact) mass is 280 g/mol. The first-order valence-electron chi connectivity index (χ1n) is 7.05. The molecule has 112 valence electrons. The Hall–Kier alpha value is -1.63. The maximum atomic E-state index is 5.59. The zero-order chi connectivity index (χ0) is 14.6. The molecule has 0 atom stereocenters. The van der Waals surface area contributed by atoms with E-state index in [1.165, 1.54) is 6.42 Å². The summed E-state index contributed by atoms with van der Waals surface area (Å²) < 4.78 is 5.59. The topological polar surface area (TPSA) is 75.2 Å². The zero-order valence-electron chi connectivity index (χ0n) is 12.7. The Balaban J connectivity index is 2.09. The van der Waals surface area contributed by atoms with Gasteiger partial charge in [-0.1, -0.05) is 0 Å². The number of nitrogens with zero attached hydrogens (tertiary/aromatic N) is 4. The Bertz CT molecular complexity index is 441. The summed E-state index contributed by atoms with van der Waals surface area (Å²) in [5, 5.41) is 6.40. The molecule has 0 aromatic carbocycles. The summed E-state index contributed by atoms with van der Waals surface area (Å²) >= 11 is 0. The number of methoxy groups -OCH3 is 1. The molecular weight excluding hydrogens is 256 g/mol. The van der Waals surface area contributed by atoms with Crippen molar-refractivity contribution >= 4 is 17.8 Å². The largest absolute Gasteiger partial charge is 0.376 e. The van der Waals surface area contributed by atoms with Crippen LogP contribution >= 0.6 is 0 Å². The minimum atomic E-state index is -0.0523. The summed E-state index contributed by atoms with van der Waals surface area (Å²) in [5.41, 5.74) is -0.0523. The van der Waals surface area contributed by atoms with Crippen LogP contribution in [0.25, 0.3) is 0 Å². The van der Waals surface area contributed by atoms with Gasteiger partial charge < -0.3 is 20.3 Å². The van der Waals surface area contributed by atoms with E-state index in [1.807, 2.05) is 25.9 Å². The van der Waals surface area contributed by atoms with Crippen molar-refractivity contribution in [2.24, 2.45) is 0 Å². The van der Waals surface area contributed by atoms with E-state index in [0.29, 0.717) is 17.8 Å². The van der Waals surface area contributed by atoms with Crippen LogP contribution in [0.4, 0.5) is 17.8 Å². The summed E-state index contributed by atoms with van der Waals surface area (Å²) in [4.78, 5) is 15.0. The van der Waals surface area contributed by atoms with Crippen molar-refractivity contribution in [2.45, 2.75) is 31.8 Å². The average Bonchev–Trinajstić information content (AvgIpc) is 2.38. The number of hydrogen-bond donors (Lipinski definition) is 2. The van der Waals surface area contributed by atoms with E-state index in [4.69, 9.17) is 4.74 Å². The maximum absolute atomic E-state index is 5.59. The highest BCUT2D eigenvalue weighted by molar-refractivity contribution is 5.43. The van der Waals surface area contributed by atoms with E-state index >= 15 is 0 Å². The van der Waals surface area contributed by atoms with Gasteiger partial charge in [-0.3, -0.25) is 0 Å². The first-order valence-corrected chi connectivity index (χ1v) is 7.05. The summed E-state index contributed by atoms with van der Waals surface area (Å²) in [7, 11) is 5.60. The fraction of sp³-hybridized carbons (Fsp3) is 0.769. The molecule has 1 fully saturated rings. The molecule has 1 aliphatic rings. The van der Waals surface area contributed by atoms with Crippen LogP contribution in [0.15, 0.2) is 0 Å². The SMILES string of the molecule is CCNc1nc(NCC2(OC)CCC2)nc(N(C)C)n1. The van der Waals surface area contributed by atoms with Crippen LogP contribution in [0.1, 0.15) is 26.2 Å². The third-order valence-electron chi connectivity index (χ3n) is 3.62. The summed E-state index contributed by atoms with van der Waals surface area (Å²) in [6.07, 6.45) is 3.39. The Labute approximate surface area is 120 Å². The molecule has 2 N–H and O–H groups in total. The maximum Gasteiger partial charge on any atom is 0.231 e. The number of hydrogen-bond acceptors (Lipinski definition) is 7. The molecule has 0 aliphatic heterocycles. The van der Waals surface area contributed by atoms with E-state index in [0.717, 1.165) is 25.9 Å². The van der Waals surface area contributed by atoms with Crippen molar-refractivity contribution in [3.63, 3.8) is 0 Å². The lowest BCUT2D eigenvalue weighted by atomic mass is 9.80. The molecule has 1 saturated carbocycles. The fourth-order valence-electron chi connectivity index (χ4n) is 2.15. The van der Waals surface area contributed by atoms with Crippen LogP contribution in [-0.2, 0) is 4.74 Å². The summed E-state index contributed by atoms with van der Waals surface area (Å²) in [6, 6.07) is 0. The van der Waals surface area contributed by atoms with Crippen LogP contribution in [0.2, 0.25) is 0 Å². The van der Waals surface area contributed by atoms with Gasteiger partial charge in [-0.05, 0) is 26.2 Å². The van der Waals surface area contributed by atoms with Gasteiger partial charge in [-0.2, -0.15) is 15.0 Å². The van der Waals surface area contributed by atoms with Crippen molar-refractivity contribution in [3.05, 3.63) is 0 Å². The molecule has 20 heavy (non-hydrogen) atoms. The standard InChI is InChI=1S/C13H24N6O/c1-5-14-10-16-11(18-12(17-10)19(2)3)15-9-13(20-4)7-6-8-13/h5-9H2,1-4H3,(H2,14,15,16,17,18). The number of rotatable bonds is 7. The van der Waals surface area contributed by atoms with Gasteiger partial charge in [0.05, 0.1) is 5.60 Å². The molecule has 0 amide bonds. The lowest BCUT2D eigenvalue weighted by Gasteiger charge is -2.40. The molecule has 0 spiro atoms. The van der Waals surface area contributed by atoms with Gasteiger partial charge in [-0.15, -0.1) is 0 Å². The van der Waals surface area contributed by atoms with Crippen LogP contribution in [0.5, 0.6) is 0 Å². The Morgan fingerprint density at radius 3 is 2.25 bits per heavy atom. The van der Waals surface area contributed by atoms with Gasteiger partial charge in [0, 0.05) is 34.3 Å². The van der Waals surface area contributed by atoms with Crippen molar-refractivity contribution in [2.75, 3.05) is 49.8 Å². The van der Waals surface area contributed by atoms with Crippen LogP contribution in [0, 0.1) is 0 Å². The predicted octanol–water partition coefficient (Wildman–Crippen LogP) is 1.35. The van der Waals surface area contributed by atoms with Crippen molar-refractivity contribution in [3.8, 4) is 0 Å². The molecular formula is C13H24N6O. The molecule has 0 radical (unpaired) electrons.